The third-order valence-corrected chi connectivity index (χ3v) is 5.01. The summed E-state index contributed by atoms with van der Waals surface area (Å²) in [6.07, 6.45) is 6.60. The number of rotatable bonds is 6. The Morgan fingerprint density at radius 3 is 2.57 bits per heavy atom. The zero-order valence-corrected chi connectivity index (χ0v) is 16.3. The van der Waals surface area contributed by atoms with Gasteiger partial charge in [0.15, 0.2) is 0 Å². The van der Waals surface area contributed by atoms with Crippen LogP contribution in [0, 0.1) is 6.92 Å². The zero-order valence-electron chi connectivity index (χ0n) is 16.3. The standard InChI is InChI=1S/C23H24N4O/c1-3-20-13-22(26-16(2)25-20)18-6-8-19(9-7-18)23(28)27(21-10-11-21)15-17-5-4-12-24-14-17/h4-9,12-14,21H,3,10-11,15H2,1-2H3. The van der Waals surface area contributed by atoms with Gasteiger partial charge in [-0.3, -0.25) is 9.78 Å². The lowest BCUT2D eigenvalue weighted by Gasteiger charge is -2.22. The molecule has 1 amide bonds. The molecular weight excluding hydrogens is 348 g/mol. The number of pyridine rings is 1. The summed E-state index contributed by atoms with van der Waals surface area (Å²) in [7, 11) is 0. The van der Waals surface area contributed by atoms with Gasteiger partial charge in [-0.1, -0.05) is 25.1 Å². The van der Waals surface area contributed by atoms with Gasteiger partial charge in [0.05, 0.1) is 5.69 Å². The molecule has 0 radical (unpaired) electrons. The lowest BCUT2D eigenvalue weighted by Crippen LogP contribution is -2.32. The van der Waals surface area contributed by atoms with E-state index in [0.29, 0.717) is 18.2 Å². The van der Waals surface area contributed by atoms with Crippen molar-refractivity contribution >= 4 is 5.91 Å². The Balaban J connectivity index is 1.55. The molecule has 5 nitrogen and oxygen atoms in total. The van der Waals surface area contributed by atoms with Crippen molar-refractivity contribution in [1.82, 2.24) is 19.9 Å². The van der Waals surface area contributed by atoms with E-state index in [1.54, 1.807) is 6.20 Å². The highest BCUT2D eigenvalue weighted by atomic mass is 16.2. The fourth-order valence-corrected chi connectivity index (χ4v) is 3.35. The van der Waals surface area contributed by atoms with Gasteiger partial charge in [-0.05, 0) is 56.0 Å². The van der Waals surface area contributed by atoms with Crippen molar-refractivity contribution in [2.24, 2.45) is 0 Å². The zero-order chi connectivity index (χ0) is 19.5. The van der Waals surface area contributed by atoms with Crippen molar-refractivity contribution < 1.29 is 4.79 Å². The third kappa shape index (κ3) is 4.09. The van der Waals surface area contributed by atoms with Crippen molar-refractivity contribution in [2.45, 2.75) is 45.7 Å². The Kier molecular flexibility index (Phi) is 5.15. The molecule has 0 unspecified atom stereocenters. The summed E-state index contributed by atoms with van der Waals surface area (Å²) >= 11 is 0. The van der Waals surface area contributed by atoms with Gasteiger partial charge < -0.3 is 4.90 Å². The molecule has 3 aromatic rings. The number of amides is 1. The van der Waals surface area contributed by atoms with E-state index in [1.165, 1.54) is 0 Å². The molecule has 1 aromatic carbocycles. The summed E-state index contributed by atoms with van der Waals surface area (Å²) < 4.78 is 0. The normalized spacial score (nSPS) is 13.4. The Bertz CT molecular complexity index is 966. The number of carbonyl (C=O) groups is 1. The van der Waals surface area contributed by atoms with E-state index in [1.807, 2.05) is 60.5 Å². The van der Waals surface area contributed by atoms with Crippen LogP contribution < -0.4 is 0 Å². The molecule has 1 aliphatic carbocycles. The van der Waals surface area contributed by atoms with Crippen LogP contribution in [0.4, 0.5) is 0 Å². The predicted octanol–water partition coefficient (Wildman–Crippen LogP) is 4.21. The molecule has 142 valence electrons. The van der Waals surface area contributed by atoms with Gasteiger partial charge in [0.25, 0.3) is 5.91 Å². The van der Waals surface area contributed by atoms with E-state index in [4.69, 9.17) is 0 Å². The number of hydrogen-bond donors (Lipinski definition) is 0. The minimum absolute atomic E-state index is 0.0750. The summed E-state index contributed by atoms with van der Waals surface area (Å²) in [5.74, 6) is 0.844. The van der Waals surface area contributed by atoms with Crippen molar-refractivity contribution in [2.75, 3.05) is 0 Å². The van der Waals surface area contributed by atoms with E-state index in [9.17, 15) is 4.79 Å². The first kappa shape index (κ1) is 18.3. The number of carbonyl (C=O) groups excluding carboxylic acids is 1. The van der Waals surface area contributed by atoms with Gasteiger partial charge in [-0.15, -0.1) is 0 Å². The molecule has 0 spiro atoms. The molecule has 0 N–H and O–H groups in total. The second kappa shape index (κ2) is 7.89. The second-order valence-electron chi connectivity index (χ2n) is 7.25. The highest BCUT2D eigenvalue weighted by molar-refractivity contribution is 5.95. The fraction of sp³-hybridized carbons (Fsp3) is 0.304. The summed E-state index contributed by atoms with van der Waals surface area (Å²) in [5, 5.41) is 0. The molecule has 0 atom stereocenters. The molecule has 5 heteroatoms. The molecule has 2 aromatic heterocycles. The van der Waals surface area contributed by atoms with Crippen molar-refractivity contribution in [3.63, 3.8) is 0 Å². The lowest BCUT2D eigenvalue weighted by atomic mass is 10.1. The summed E-state index contributed by atoms with van der Waals surface area (Å²) in [5.41, 5.74) is 4.70. The van der Waals surface area contributed by atoms with E-state index < -0.39 is 0 Å². The summed E-state index contributed by atoms with van der Waals surface area (Å²) in [6, 6.07) is 14.0. The van der Waals surface area contributed by atoms with Crippen LogP contribution in [-0.4, -0.2) is 31.8 Å². The highest BCUT2D eigenvalue weighted by Crippen LogP contribution is 2.30. The van der Waals surface area contributed by atoms with E-state index in [0.717, 1.165) is 47.6 Å². The first-order chi connectivity index (χ1) is 13.6. The monoisotopic (exact) mass is 372 g/mol. The average Bonchev–Trinajstić information content (AvgIpc) is 3.57. The van der Waals surface area contributed by atoms with E-state index >= 15 is 0 Å². The van der Waals surface area contributed by atoms with Gasteiger partial charge in [-0.25, -0.2) is 9.97 Å². The van der Waals surface area contributed by atoms with Crippen LogP contribution in [-0.2, 0) is 13.0 Å². The molecule has 1 aliphatic rings. The van der Waals surface area contributed by atoms with Crippen LogP contribution in [0.1, 0.15) is 47.2 Å². The topological polar surface area (TPSA) is 59.0 Å². The van der Waals surface area contributed by atoms with Gasteiger partial charge >= 0.3 is 0 Å². The van der Waals surface area contributed by atoms with Gasteiger partial charge in [0.1, 0.15) is 5.82 Å². The molecule has 28 heavy (non-hydrogen) atoms. The summed E-state index contributed by atoms with van der Waals surface area (Å²) in [4.78, 5) is 28.2. The number of hydrogen-bond acceptors (Lipinski definition) is 4. The van der Waals surface area contributed by atoms with Crippen molar-refractivity contribution in [1.29, 1.82) is 0 Å². The number of nitrogens with zero attached hydrogens (tertiary/aromatic N) is 4. The maximum Gasteiger partial charge on any atom is 0.254 e. The molecule has 1 fully saturated rings. The molecule has 0 saturated heterocycles. The third-order valence-electron chi connectivity index (χ3n) is 5.01. The van der Waals surface area contributed by atoms with Crippen LogP contribution >= 0.6 is 0 Å². The van der Waals surface area contributed by atoms with Crippen LogP contribution in [0.5, 0.6) is 0 Å². The number of aromatic nitrogens is 3. The molecular formula is C23H24N4O. The van der Waals surface area contributed by atoms with Crippen LogP contribution in [0.3, 0.4) is 0 Å². The smallest absolute Gasteiger partial charge is 0.254 e. The minimum atomic E-state index is 0.0750. The lowest BCUT2D eigenvalue weighted by molar-refractivity contribution is 0.0730. The average molecular weight is 372 g/mol. The van der Waals surface area contributed by atoms with E-state index in [-0.39, 0.29) is 5.91 Å². The maximum absolute atomic E-state index is 13.1. The van der Waals surface area contributed by atoms with Crippen molar-refractivity contribution in [3.05, 3.63) is 77.5 Å². The Hall–Kier alpha value is -3.08. The quantitative estimate of drug-likeness (QED) is 0.650. The first-order valence-electron chi connectivity index (χ1n) is 9.79. The van der Waals surface area contributed by atoms with Crippen LogP contribution in [0.2, 0.25) is 0 Å². The molecule has 1 saturated carbocycles. The maximum atomic E-state index is 13.1. The minimum Gasteiger partial charge on any atom is -0.331 e. The van der Waals surface area contributed by atoms with Gasteiger partial charge in [-0.2, -0.15) is 0 Å². The number of aryl methyl sites for hydroxylation is 2. The van der Waals surface area contributed by atoms with Crippen LogP contribution in [0.25, 0.3) is 11.3 Å². The highest BCUT2D eigenvalue weighted by Gasteiger charge is 2.33. The second-order valence-corrected chi connectivity index (χ2v) is 7.25. The van der Waals surface area contributed by atoms with Crippen LogP contribution in [0.15, 0.2) is 54.9 Å². The first-order valence-corrected chi connectivity index (χ1v) is 9.79. The summed E-state index contributed by atoms with van der Waals surface area (Å²) in [6.45, 7) is 4.60. The predicted molar refractivity (Wildman–Crippen MR) is 109 cm³/mol. The number of benzene rings is 1. The molecule has 2 heterocycles. The molecule has 0 aliphatic heterocycles. The Morgan fingerprint density at radius 2 is 1.93 bits per heavy atom. The largest absolute Gasteiger partial charge is 0.331 e. The van der Waals surface area contributed by atoms with Gasteiger partial charge in [0, 0.05) is 41.8 Å². The molecule has 0 bridgehead atoms. The SMILES string of the molecule is CCc1cc(-c2ccc(C(=O)N(Cc3cccnc3)C3CC3)cc2)nc(C)n1. The Morgan fingerprint density at radius 1 is 1.14 bits per heavy atom. The Labute approximate surface area is 165 Å². The fourth-order valence-electron chi connectivity index (χ4n) is 3.35. The van der Waals surface area contributed by atoms with E-state index in [2.05, 4.69) is 21.9 Å². The van der Waals surface area contributed by atoms with Gasteiger partial charge in [0.2, 0.25) is 0 Å². The molecule has 4 rings (SSSR count). The van der Waals surface area contributed by atoms with Crippen molar-refractivity contribution in [3.8, 4) is 11.3 Å².